The number of nitrogens with two attached hydrogens (primary N) is 1. The van der Waals surface area contributed by atoms with Crippen LogP contribution >= 0.6 is 7.82 Å². The highest BCUT2D eigenvalue weighted by Crippen LogP contribution is 2.44. The van der Waals surface area contributed by atoms with E-state index in [1.165, 1.54) is 10.9 Å². The Morgan fingerprint density at radius 2 is 2.35 bits per heavy atom. The quantitative estimate of drug-likeness (QED) is 0.505. The summed E-state index contributed by atoms with van der Waals surface area (Å²) in [5.74, 6) is -0.125. The summed E-state index contributed by atoms with van der Waals surface area (Å²) in [5, 5.41) is 8.33. The summed E-state index contributed by atoms with van der Waals surface area (Å²) in [6.45, 7) is -0.377. The molecule has 1 unspecified atom stereocenters. The summed E-state index contributed by atoms with van der Waals surface area (Å²) in [5.41, 5.74) is 4.72. The first-order chi connectivity index (χ1) is 10.9. The summed E-state index contributed by atoms with van der Waals surface area (Å²) < 4.78 is 27.7. The standard InChI is InChI=1S/C11H16N5O6P/c12-4-1-5-20-23(18,19)21-6-8-2-3-9(22-8)16-7-14-10(13)15-11(16)17/h7-9H,1-3,5-6H2,(H,18,19)(H2,13,15,17)/t8-,9+/m0/s1. The third-order valence-electron chi connectivity index (χ3n) is 3.03. The van der Waals surface area contributed by atoms with E-state index in [9.17, 15) is 14.3 Å². The minimum Gasteiger partial charge on any atom is -0.368 e. The molecule has 1 aromatic heterocycles. The first kappa shape index (κ1) is 17.5. The number of nitrogen functional groups attached to an aromatic ring is 1. The molecule has 0 saturated carbocycles. The topological polar surface area (TPSA) is 163 Å². The van der Waals surface area contributed by atoms with Crippen molar-refractivity contribution in [3.63, 3.8) is 0 Å². The number of hydrogen-bond acceptors (Lipinski definition) is 9. The summed E-state index contributed by atoms with van der Waals surface area (Å²) in [7, 11) is -4.22. The van der Waals surface area contributed by atoms with Crippen LogP contribution in [0.5, 0.6) is 0 Å². The SMILES string of the molecule is N#CCCOP(=O)(O)OC[C@@H]1CC[C@H](n2cnc(N)nc2=O)O1. The van der Waals surface area contributed by atoms with Crippen LogP contribution in [-0.4, -0.2) is 38.7 Å². The van der Waals surface area contributed by atoms with E-state index in [4.69, 9.17) is 20.3 Å². The Labute approximate surface area is 131 Å². The second-order valence-corrected chi connectivity index (χ2v) is 6.15. The monoisotopic (exact) mass is 345 g/mol. The molecule has 3 atom stereocenters. The molecular formula is C11H16N5O6P. The van der Waals surface area contributed by atoms with Gasteiger partial charge in [0.1, 0.15) is 12.6 Å². The van der Waals surface area contributed by atoms with Crippen LogP contribution in [0.4, 0.5) is 5.95 Å². The van der Waals surface area contributed by atoms with Gasteiger partial charge in [-0.15, -0.1) is 0 Å². The van der Waals surface area contributed by atoms with Crippen molar-refractivity contribution in [2.75, 3.05) is 18.9 Å². The fraction of sp³-hybridized carbons (Fsp3) is 0.636. The van der Waals surface area contributed by atoms with Gasteiger partial charge in [0.25, 0.3) is 0 Å². The van der Waals surface area contributed by atoms with Crippen molar-refractivity contribution in [1.82, 2.24) is 14.5 Å². The lowest BCUT2D eigenvalue weighted by Gasteiger charge is -2.17. The van der Waals surface area contributed by atoms with E-state index in [-0.39, 0.29) is 25.6 Å². The summed E-state index contributed by atoms with van der Waals surface area (Å²) in [6, 6.07) is 1.78. The predicted molar refractivity (Wildman–Crippen MR) is 75.8 cm³/mol. The van der Waals surface area contributed by atoms with E-state index in [0.29, 0.717) is 12.8 Å². The van der Waals surface area contributed by atoms with Gasteiger partial charge < -0.3 is 15.4 Å². The normalized spacial score (nSPS) is 23.3. The first-order valence-electron chi connectivity index (χ1n) is 6.76. The maximum atomic E-state index is 11.7. The minimum absolute atomic E-state index is 0.0179. The molecule has 0 radical (unpaired) electrons. The van der Waals surface area contributed by atoms with Gasteiger partial charge in [-0.25, -0.2) is 14.3 Å². The van der Waals surface area contributed by atoms with Crippen molar-refractivity contribution < 1.29 is 23.2 Å². The van der Waals surface area contributed by atoms with Gasteiger partial charge in [0.15, 0.2) is 0 Å². The van der Waals surface area contributed by atoms with Gasteiger partial charge >= 0.3 is 13.5 Å². The van der Waals surface area contributed by atoms with Gasteiger partial charge in [-0.1, -0.05) is 0 Å². The van der Waals surface area contributed by atoms with Gasteiger partial charge in [0.05, 0.1) is 31.8 Å². The molecule has 3 N–H and O–H groups in total. The second-order valence-electron chi connectivity index (χ2n) is 4.70. The molecule has 0 spiro atoms. The molecule has 0 aliphatic carbocycles. The van der Waals surface area contributed by atoms with E-state index in [0.717, 1.165) is 0 Å². The minimum atomic E-state index is -4.22. The molecule has 11 nitrogen and oxygen atoms in total. The molecule has 1 aromatic rings. The van der Waals surface area contributed by atoms with Gasteiger partial charge in [-0.2, -0.15) is 10.2 Å². The Balaban J connectivity index is 1.85. The molecule has 0 aromatic carbocycles. The molecular weight excluding hydrogens is 329 g/mol. The van der Waals surface area contributed by atoms with E-state index in [1.807, 2.05) is 0 Å². The Morgan fingerprint density at radius 1 is 1.57 bits per heavy atom. The highest BCUT2D eigenvalue weighted by Gasteiger charge is 2.31. The molecule has 1 aliphatic heterocycles. The zero-order chi connectivity index (χ0) is 16.9. The van der Waals surface area contributed by atoms with Crippen LogP contribution < -0.4 is 11.4 Å². The van der Waals surface area contributed by atoms with Gasteiger partial charge in [-0.3, -0.25) is 13.6 Å². The lowest BCUT2D eigenvalue weighted by molar-refractivity contribution is -0.0263. The lowest BCUT2D eigenvalue weighted by Crippen LogP contribution is -2.28. The third-order valence-corrected chi connectivity index (χ3v) is 4.02. The maximum absolute atomic E-state index is 11.7. The lowest BCUT2D eigenvalue weighted by atomic mass is 10.2. The van der Waals surface area contributed by atoms with Crippen molar-refractivity contribution in [2.45, 2.75) is 31.6 Å². The van der Waals surface area contributed by atoms with Crippen LogP contribution in [0.15, 0.2) is 11.1 Å². The molecule has 126 valence electrons. The zero-order valence-corrected chi connectivity index (χ0v) is 13.0. The van der Waals surface area contributed by atoms with Crippen molar-refractivity contribution >= 4 is 13.8 Å². The average Bonchev–Trinajstić information content (AvgIpc) is 2.94. The highest BCUT2D eigenvalue weighted by molar-refractivity contribution is 7.47. The highest BCUT2D eigenvalue weighted by atomic mass is 31.2. The number of phosphoric ester groups is 1. The molecule has 1 saturated heterocycles. The van der Waals surface area contributed by atoms with Gasteiger partial charge in [-0.05, 0) is 12.8 Å². The molecule has 23 heavy (non-hydrogen) atoms. The second kappa shape index (κ2) is 7.63. The Hall–Kier alpha value is -1.83. The van der Waals surface area contributed by atoms with Crippen LogP contribution in [0.1, 0.15) is 25.5 Å². The van der Waals surface area contributed by atoms with Crippen molar-refractivity contribution in [3.05, 3.63) is 16.8 Å². The number of phosphoric acid groups is 1. The van der Waals surface area contributed by atoms with Crippen LogP contribution in [0.25, 0.3) is 0 Å². The maximum Gasteiger partial charge on any atom is 0.472 e. The van der Waals surface area contributed by atoms with E-state index >= 15 is 0 Å². The van der Waals surface area contributed by atoms with Crippen molar-refractivity contribution in [3.8, 4) is 6.07 Å². The molecule has 0 amide bonds. The number of hydrogen-bond donors (Lipinski definition) is 2. The molecule has 1 fully saturated rings. The smallest absolute Gasteiger partial charge is 0.368 e. The van der Waals surface area contributed by atoms with Gasteiger partial charge in [0.2, 0.25) is 5.95 Å². The number of anilines is 1. The molecule has 1 aliphatic rings. The largest absolute Gasteiger partial charge is 0.472 e. The third kappa shape index (κ3) is 5.09. The molecule has 2 rings (SSSR count). The van der Waals surface area contributed by atoms with E-state index < -0.39 is 25.8 Å². The number of ether oxygens (including phenoxy) is 1. The van der Waals surface area contributed by atoms with E-state index in [1.54, 1.807) is 6.07 Å². The molecule has 0 bridgehead atoms. The zero-order valence-electron chi connectivity index (χ0n) is 12.1. The predicted octanol–water partition coefficient (Wildman–Crippen LogP) is -0.0546. The molecule has 12 heteroatoms. The average molecular weight is 345 g/mol. The van der Waals surface area contributed by atoms with Crippen LogP contribution in [-0.2, 0) is 18.3 Å². The number of aromatic nitrogens is 3. The van der Waals surface area contributed by atoms with E-state index in [2.05, 4.69) is 14.5 Å². The Bertz CT molecular complexity index is 688. The van der Waals surface area contributed by atoms with Crippen LogP contribution in [0.2, 0.25) is 0 Å². The van der Waals surface area contributed by atoms with Crippen LogP contribution in [0, 0.1) is 11.3 Å². The van der Waals surface area contributed by atoms with Crippen LogP contribution in [0.3, 0.4) is 0 Å². The first-order valence-corrected chi connectivity index (χ1v) is 8.26. The Kier molecular flexibility index (Phi) is 5.81. The molecule has 2 heterocycles. The summed E-state index contributed by atoms with van der Waals surface area (Å²) >= 11 is 0. The number of nitrogens with zero attached hydrogens (tertiary/aromatic N) is 4. The number of nitriles is 1. The summed E-state index contributed by atoms with van der Waals surface area (Å²) in [6.07, 6.45) is 1.15. The number of rotatable bonds is 7. The summed E-state index contributed by atoms with van der Waals surface area (Å²) in [4.78, 5) is 28.3. The van der Waals surface area contributed by atoms with Crippen molar-refractivity contribution in [1.29, 1.82) is 5.26 Å². The fourth-order valence-electron chi connectivity index (χ4n) is 1.99. The Morgan fingerprint density at radius 3 is 3.04 bits per heavy atom. The fourth-order valence-corrected chi connectivity index (χ4v) is 2.74. The van der Waals surface area contributed by atoms with Gasteiger partial charge in [0, 0.05) is 0 Å². The van der Waals surface area contributed by atoms with Crippen molar-refractivity contribution in [2.24, 2.45) is 0 Å².